The Labute approximate surface area is 90.9 Å². The van der Waals surface area contributed by atoms with Gasteiger partial charge < -0.3 is 4.90 Å². The van der Waals surface area contributed by atoms with E-state index in [0.29, 0.717) is 6.04 Å². The van der Waals surface area contributed by atoms with Crippen LogP contribution in [-0.2, 0) is 0 Å². The smallest absolute Gasteiger partial charge is 0.156 e. The fraction of sp³-hybridized carbons (Fsp3) is 0.909. The number of hydrogen-bond donors (Lipinski definition) is 1. The number of rotatable bonds is 3. The first kappa shape index (κ1) is 10.3. The third kappa shape index (κ3) is 1.92. The number of thioether (sulfide) groups is 1. The summed E-state index contributed by atoms with van der Waals surface area (Å²) in [7, 11) is 0. The first-order valence-electron chi connectivity index (χ1n) is 5.84. The Morgan fingerprint density at radius 2 is 2.21 bits per heavy atom. The minimum absolute atomic E-state index is 0.702. The third-order valence-electron chi connectivity index (χ3n) is 3.34. The monoisotopic (exact) mass is 212 g/mol. The molecule has 0 spiro atoms. The van der Waals surface area contributed by atoms with Crippen LogP contribution in [0.2, 0.25) is 0 Å². The largest absolute Gasteiger partial charge is 0.348 e. The highest BCUT2D eigenvalue weighted by atomic mass is 32.2. The summed E-state index contributed by atoms with van der Waals surface area (Å²) in [6.07, 6.45) is 7.89. The Balaban J connectivity index is 1.96. The quantitative estimate of drug-likeness (QED) is 0.778. The van der Waals surface area contributed by atoms with Gasteiger partial charge in [-0.25, -0.2) is 0 Å². The van der Waals surface area contributed by atoms with Crippen LogP contribution in [-0.4, -0.2) is 27.9 Å². The minimum atomic E-state index is 0.702. The molecule has 2 rings (SSSR count). The Hall–Kier alpha value is -0.180. The minimum Gasteiger partial charge on any atom is -0.348 e. The molecule has 1 aliphatic carbocycles. The summed E-state index contributed by atoms with van der Waals surface area (Å²) < 4.78 is 0. The van der Waals surface area contributed by atoms with Crippen molar-refractivity contribution in [3.8, 4) is 0 Å². The van der Waals surface area contributed by atoms with Crippen molar-refractivity contribution in [2.24, 2.45) is 0 Å². The summed E-state index contributed by atoms with van der Waals surface area (Å²) in [5.41, 5.74) is 0. The maximum absolute atomic E-state index is 7.97. The topological polar surface area (TPSA) is 27.1 Å². The van der Waals surface area contributed by atoms with Crippen molar-refractivity contribution in [1.82, 2.24) is 4.90 Å². The van der Waals surface area contributed by atoms with Gasteiger partial charge >= 0.3 is 0 Å². The Bertz CT molecular complexity index is 217. The van der Waals surface area contributed by atoms with Crippen LogP contribution in [0.1, 0.15) is 45.4 Å². The van der Waals surface area contributed by atoms with E-state index in [2.05, 4.69) is 11.8 Å². The molecule has 1 heterocycles. The molecule has 80 valence electrons. The van der Waals surface area contributed by atoms with Gasteiger partial charge in [-0.2, -0.15) is 0 Å². The SMILES string of the molecule is CCCCN1C(=N)SC2CCCCC21. The highest BCUT2D eigenvalue weighted by molar-refractivity contribution is 8.14. The molecule has 1 saturated carbocycles. The van der Waals surface area contributed by atoms with Gasteiger partial charge in [0.05, 0.1) is 0 Å². The molecule has 1 saturated heterocycles. The second kappa shape index (κ2) is 4.56. The molecule has 1 N–H and O–H groups in total. The summed E-state index contributed by atoms with van der Waals surface area (Å²) in [6.45, 7) is 3.34. The van der Waals surface area contributed by atoms with Gasteiger partial charge in [-0.1, -0.05) is 37.9 Å². The second-order valence-electron chi connectivity index (χ2n) is 4.36. The Kier molecular flexibility index (Phi) is 3.37. The number of nitrogens with one attached hydrogen (secondary N) is 1. The molecule has 3 heteroatoms. The predicted molar refractivity (Wildman–Crippen MR) is 63.0 cm³/mol. The highest BCUT2D eigenvalue weighted by Gasteiger charge is 2.38. The van der Waals surface area contributed by atoms with E-state index >= 15 is 0 Å². The van der Waals surface area contributed by atoms with Crippen molar-refractivity contribution in [2.45, 2.75) is 56.7 Å². The molecule has 2 unspecified atom stereocenters. The van der Waals surface area contributed by atoms with Gasteiger partial charge in [0.2, 0.25) is 0 Å². The molecule has 0 aromatic heterocycles. The molecule has 2 nitrogen and oxygen atoms in total. The number of nitrogens with zero attached hydrogens (tertiary/aromatic N) is 1. The summed E-state index contributed by atoms with van der Waals surface area (Å²) in [5, 5.41) is 9.56. The van der Waals surface area contributed by atoms with Crippen LogP contribution >= 0.6 is 11.8 Å². The average molecular weight is 212 g/mol. The maximum atomic E-state index is 7.97. The lowest BCUT2D eigenvalue weighted by molar-refractivity contribution is 0.262. The lowest BCUT2D eigenvalue weighted by atomic mass is 9.94. The average Bonchev–Trinajstić information content (AvgIpc) is 2.51. The molecule has 0 radical (unpaired) electrons. The Morgan fingerprint density at radius 3 is 3.00 bits per heavy atom. The standard InChI is InChI=1S/C11H20N2S/c1-2-3-8-13-9-6-4-5-7-10(9)14-11(13)12/h9-10,12H,2-8H2,1H3. The van der Waals surface area contributed by atoms with Gasteiger partial charge in [0.15, 0.2) is 5.17 Å². The molecule has 0 bridgehead atoms. The van der Waals surface area contributed by atoms with Crippen molar-refractivity contribution in [3.05, 3.63) is 0 Å². The van der Waals surface area contributed by atoms with Crippen molar-refractivity contribution in [3.63, 3.8) is 0 Å². The Morgan fingerprint density at radius 1 is 1.43 bits per heavy atom. The van der Waals surface area contributed by atoms with Gasteiger partial charge in [-0.3, -0.25) is 5.41 Å². The van der Waals surface area contributed by atoms with Crippen molar-refractivity contribution in [1.29, 1.82) is 5.41 Å². The van der Waals surface area contributed by atoms with E-state index < -0.39 is 0 Å². The molecule has 1 aliphatic heterocycles. The molecule has 0 aromatic carbocycles. The molecular weight excluding hydrogens is 192 g/mol. The van der Waals surface area contributed by atoms with Crippen LogP contribution in [0.5, 0.6) is 0 Å². The molecule has 2 fully saturated rings. The van der Waals surface area contributed by atoms with Crippen LogP contribution in [0.3, 0.4) is 0 Å². The number of fused-ring (bicyclic) bond motifs is 1. The van der Waals surface area contributed by atoms with Gasteiger partial charge in [-0.15, -0.1) is 0 Å². The first-order chi connectivity index (χ1) is 6.83. The summed E-state index contributed by atoms with van der Waals surface area (Å²) in [6, 6.07) is 0.702. The summed E-state index contributed by atoms with van der Waals surface area (Å²) in [5.74, 6) is 0. The summed E-state index contributed by atoms with van der Waals surface area (Å²) >= 11 is 1.82. The normalized spacial score (nSPS) is 32.1. The molecule has 0 amide bonds. The van der Waals surface area contributed by atoms with E-state index in [9.17, 15) is 0 Å². The van der Waals surface area contributed by atoms with E-state index in [0.717, 1.165) is 17.0 Å². The molecule has 0 aromatic rings. The zero-order valence-corrected chi connectivity index (χ0v) is 9.78. The van der Waals surface area contributed by atoms with Crippen LogP contribution in [0.15, 0.2) is 0 Å². The van der Waals surface area contributed by atoms with Crippen LogP contribution < -0.4 is 0 Å². The zero-order chi connectivity index (χ0) is 9.97. The fourth-order valence-electron chi connectivity index (χ4n) is 2.53. The second-order valence-corrected chi connectivity index (χ2v) is 5.59. The number of unbranched alkanes of at least 4 members (excludes halogenated alkanes) is 1. The molecule has 2 aliphatic rings. The lowest BCUT2D eigenvalue weighted by Crippen LogP contribution is -2.39. The van der Waals surface area contributed by atoms with E-state index in [1.54, 1.807) is 0 Å². The van der Waals surface area contributed by atoms with E-state index in [-0.39, 0.29) is 0 Å². The number of amidine groups is 1. The van der Waals surface area contributed by atoms with Gasteiger partial charge in [0.1, 0.15) is 0 Å². The fourth-order valence-corrected chi connectivity index (χ4v) is 3.90. The number of hydrogen-bond acceptors (Lipinski definition) is 2. The highest BCUT2D eigenvalue weighted by Crippen LogP contribution is 2.39. The van der Waals surface area contributed by atoms with Crippen LogP contribution in [0.4, 0.5) is 0 Å². The van der Waals surface area contributed by atoms with E-state index in [4.69, 9.17) is 5.41 Å². The summed E-state index contributed by atoms with van der Waals surface area (Å²) in [4.78, 5) is 2.36. The first-order valence-corrected chi connectivity index (χ1v) is 6.72. The third-order valence-corrected chi connectivity index (χ3v) is 4.65. The van der Waals surface area contributed by atoms with Crippen LogP contribution in [0.25, 0.3) is 0 Å². The predicted octanol–water partition coefficient (Wildman–Crippen LogP) is 3.08. The van der Waals surface area contributed by atoms with E-state index in [1.165, 1.54) is 38.5 Å². The van der Waals surface area contributed by atoms with Crippen molar-refractivity contribution < 1.29 is 0 Å². The van der Waals surface area contributed by atoms with Gasteiger partial charge in [-0.05, 0) is 19.3 Å². The van der Waals surface area contributed by atoms with Crippen molar-refractivity contribution in [2.75, 3.05) is 6.54 Å². The molecule has 14 heavy (non-hydrogen) atoms. The van der Waals surface area contributed by atoms with Gasteiger partial charge in [0, 0.05) is 17.8 Å². The lowest BCUT2D eigenvalue weighted by Gasteiger charge is -2.31. The molecule has 2 atom stereocenters. The van der Waals surface area contributed by atoms with Crippen molar-refractivity contribution >= 4 is 16.9 Å². The zero-order valence-electron chi connectivity index (χ0n) is 8.96. The maximum Gasteiger partial charge on any atom is 0.156 e. The van der Waals surface area contributed by atoms with Gasteiger partial charge in [0.25, 0.3) is 0 Å². The molecular formula is C11H20N2S. The van der Waals surface area contributed by atoms with E-state index in [1.807, 2.05) is 11.8 Å². The van der Waals surface area contributed by atoms with Crippen LogP contribution in [0, 0.1) is 5.41 Å².